The number of carbonyl (C=O) groups excluding carboxylic acids is 1. The minimum absolute atomic E-state index is 0.0284. The molecule has 0 radical (unpaired) electrons. The van der Waals surface area contributed by atoms with E-state index in [1.165, 1.54) is 0 Å². The zero-order chi connectivity index (χ0) is 11.7. The Morgan fingerprint density at radius 1 is 1.47 bits per heavy atom. The highest BCUT2D eigenvalue weighted by molar-refractivity contribution is 7.84. The van der Waals surface area contributed by atoms with Crippen molar-refractivity contribution in [3.05, 3.63) is 0 Å². The zero-order valence-electron chi connectivity index (χ0n) is 9.62. The number of nitrogens with one attached hydrogen (secondary N) is 1. The van der Waals surface area contributed by atoms with E-state index >= 15 is 0 Å². The zero-order valence-corrected chi connectivity index (χ0v) is 10.4. The molecular formula is C10H22N2O2S. The van der Waals surface area contributed by atoms with Gasteiger partial charge in [0.1, 0.15) is 0 Å². The molecule has 0 aromatic heterocycles. The SMILES string of the molecule is CC(CCCN)C(=O)NCCCS(C)=O. The summed E-state index contributed by atoms with van der Waals surface area (Å²) in [6.45, 7) is 3.15. The Balaban J connectivity index is 3.51. The van der Waals surface area contributed by atoms with Crippen molar-refractivity contribution in [3.8, 4) is 0 Å². The van der Waals surface area contributed by atoms with Crippen molar-refractivity contribution in [2.24, 2.45) is 11.7 Å². The van der Waals surface area contributed by atoms with E-state index in [0.717, 1.165) is 19.3 Å². The maximum absolute atomic E-state index is 11.5. The lowest BCUT2D eigenvalue weighted by atomic mass is 10.1. The van der Waals surface area contributed by atoms with E-state index in [1.807, 2.05) is 6.92 Å². The monoisotopic (exact) mass is 234 g/mol. The molecule has 90 valence electrons. The summed E-state index contributed by atoms with van der Waals surface area (Å²) in [7, 11) is -0.764. The largest absolute Gasteiger partial charge is 0.356 e. The van der Waals surface area contributed by atoms with Gasteiger partial charge in [-0.25, -0.2) is 0 Å². The first-order valence-electron chi connectivity index (χ1n) is 5.35. The Kier molecular flexibility index (Phi) is 8.61. The van der Waals surface area contributed by atoms with Crippen molar-refractivity contribution < 1.29 is 9.00 Å². The summed E-state index contributed by atoms with van der Waals surface area (Å²) in [5, 5.41) is 2.83. The number of carbonyl (C=O) groups is 1. The van der Waals surface area contributed by atoms with Gasteiger partial charge in [0.15, 0.2) is 0 Å². The second-order valence-corrected chi connectivity index (χ2v) is 5.31. The van der Waals surface area contributed by atoms with Crippen LogP contribution >= 0.6 is 0 Å². The van der Waals surface area contributed by atoms with Crippen molar-refractivity contribution in [1.29, 1.82) is 0 Å². The summed E-state index contributed by atoms with van der Waals surface area (Å²) in [6.07, 6.45) is 4.17. The van der Waals surface area contributed by atoms with Crippen LogP contribution in [0.3, 0.4) is 0 Å². The molecule has 15 heavy (non-hydrogen) atoms. The molecule has 1 amide bonds. The first-order chi connectivity index (χ1) is 7.07. The van der Waals surface area contributed by atoms with Crippen LogP contribution in [0.15, 0.2) is 0 Å². The smallest absolute Gasteiger partial charge is 0.222 e. The maximum Gasteiger partial charge on any atom is 0.222 e. The standard InChI is InChI=1S/C10H22N2O2S/c1-9(5-3-6-11)10(13)12-7-4-8-15(2)14/h9H,3-8,11H2,1-2H3,(H,12,13). The third-order valence-electron chi connectivity index (χ3n) is 2.20. The van der Waals surface area contributed by atoms with E-state index in [-0.39, 0.29) is 11.8 Å². The molecule has 4 nitrogen and oxygen atoms in total. The second-order valence-electron chi connectivity index (χ2n) is 3.75. The number of nitrogens with two attached hydrogens (primary N) is 1. The molecular weight excluding hydrogens is 212 g/mol. The van der Waals surface area contributed by atoms with Crippen molar-refractivity contribution in [3.63, 3.8) is 0 Å². The minimum atomic E-state index is -0.764. The summed E-state index contributed by atoms with van der Waals surface area (Å²) >= 11 is 0. The van der Waals surface area contributed by atoms with Gasteiger partial charge >= 0.3 is 0 Å². The summed E-state index contributed by atoms with van der Waals surface area (Å²) in [5.74, 6) is 0.753. The Hall–Kier alpha value is -0.420. The average molecular weight is 234 g/mol. The van der Waals surface area contributed by atoms with Gasteiger partial charge in [-0.3, -0.25) is 9.00 Å². The Labute approximate surface area is 94.4 Å². The lowest BCUT2D eigenvalue weighted by Gasteiger charge is -2.11. The molecule has 0 aliphatic heterocycles. The van der Waals surface area contributed by atoms with Crippen LogP contribution in [0.5, 0.6) is 0 Å². The normalized spacial score (nSPS) is 14.6. The average Bonchev–Trinajstić information content (AvgIpc) is 2.20. The number of rotatable bonds is 8. The second kappa shape index (κ2) is 8.85. The van der Waals surface area contributed by atoms with E-state index < -0.39 is 10.8 Å². The molecule has 0 aromatic carbocycles. The quantitative estimate of drug-likeness (QED) is 0.591. The first-order valence-corrected chi connectivity index (χ1v) is 7.08. The Bertz CT molecular complexity index is 210. The molecule has 0 aliphatic rings. The fourth-order valence-electron chi connectivity index (χ4n) is 1.22. The molecule has 0 saturated heterocycles. The van der Waals surface area contributed by atoms with Gasteiger partial charge in [0, 0.05) is 35.3 Å². The van der Waals surface area contributed by atoms with Crippen LogP contribution in [-0.2, 0) is 15.6 Å². The minimum Gasteiger partial charge on any atom is -0.356 e. The molecule has 5 heteroatoms. The first kappa shape index (κ1) is 14.6. The van der Waals surface area contributed by atoms with Crippen molar-refractivity contribution >= 4 is 16.7 Å². The van der Waals surface area contributed by atoms with Crippen LogP contribution in [0.4, 0.5) is 0 Å². The molecule has 0 saturated carbocycles. The fraction of sp³-hybridized carbons (Fsp3) is 0.900. The molecule has 0 heterocycles. The van der Waals surface area contributed by atoms with Crippen LogP contribution in [-0.4, -0.2) is 35.2 Å². The molecule has 0 fully saturated rings. The van der Waals surface area contributed by atoms with E-state index in [0.29, 0.717) is 18.8 Å². The highest BCUT2D eigenvalue weighted by atomic mass is 32.2. The van der Waals surface area contributed by atoms with Crippen molar-refractivity contribution in [2.75, 3.05) is 25.1 Å². The predicted molar refractivity (Wildman–Crippen MR) is 64.0 cm³/mol. The predicted octanol–water partition coefficient (Wildman–Crippen LogP) is 0.246. The molecule has 0 rings (SSSR count). The topological polar surface area (TPSA) is 72.2 Å². The van der Waals surface area contributed by atoms with E-state index in [1.54, 1.807) is 6.26 Å². The van der Waals surface area contributed by atoms with Crippen LogP contribution in [0.25, 0.3) is 0 Å². The van der Waals surface area contributed by atoms with Crippen molar-refractivity contribution in [1.82, 2.24) is 5.32 Å². The number of hydrogen-bond donors (Lipinski definition) is 2. The molecule has 0 spiro atoms. The number of amides is 1. The van der Waals surface area contributed by atoms with Gasteiger partial charge in [0.2, 0.25) is 5.91 Å². The van der Waals surface area contributed by atoms with Gasteiger partial charge in [-0.15, -0.1) is 0 Å². The molecule has 0 bridgehead atoms. The third-order valence-corrected chi connectivity index (χ3v) is 3.06. The number of hydrogen-bond acceptors (Lipinski definition) is 3. The Morgan fingerprint density at radius 2 is 2.13 bits per heavy atom. The molecule has 0 aliphatic carbocycles. The van der Waals surface area contributed by atoms with Gasteiger partial charge in [-0.1, -0.05) is 6.92 Å². The van der Waals surface area contributed by atoms with Crippen LogP contribution in [0.2, 0.25) is 0 Å². The summed E-state index contributed by atoms with van der Waals surface area (Å²) in [4.78, 5) is 11.5. The summed E-state index contributed by atoms with van der Waals surface area (Å²) in [6, 6.07) is 0. The summed E-state index contributed by atoms with van der Waals surface area (Å²) < 4.78 is 10.7. The lowest BCUT2D eigenvalue weighted by molar-refractivity contribution is -0.124. The highest BCUT2D eigenvalue weighted by Crippen LogP contribution is 2.04. The molecule has 3 N–H and O–H groups in total. The van der Waals surface area contributed by atoms with Gasteiger partial charge < -0.3 is 11.1 Å². The maximum atomic E-state index is 11.5. The molecule has 2 unspecified atom stereocenters. The van der Waals surface area contributed by atoms with Gasteiger partial charge in [-0.05, 0) is 25.8 Å². The van der Waals surface area contributed by atoms with Gasteiger partial charge in [-0.2, -0.15) is 0 Å². The van der Waals surface area contributed by atoms with E-state index in [2.05, 4.69) is 5.32 Å². The van der Waals surface area contributed by atoms with Crippen molar-refractivity contribution in [2.45, 2.75) is 26.2 Å². The lowest BCUT2D eigenvalue weighted by Crippen LogP contribution is -2.30. The highest BCUT2D eigenvalue weighted by Gasteiger charge is 2.10. The fourth-order valence-corrected chi connectivity index (χ4v) is 1.77. The third kappa shape index (κ3) is 8.57. The van der Waals surface area contributed by atoms with Crippen LogP contribution in [0, 0.1) is 5.92 Å². The summed E-state index contributed by atoms with van der Waals surface area (Å²) in [5.41, 5.74) is 5.37. The van der Waals surface area contributed by atoms with Crippen LogP contribution < -0.4 is 11.1 Å². The molecule has 2 atom stereocenters. The Morgan fingerprint density at radius 3 is 2.67 bits per heavy atom. The van der Waals surface area contributed by atoms with E-state index in [9.17, 15) is 9.00 Å². The molecule has 0 aromatic rings. The van der Waals surface area contributed by atoms with E-state index in [4.69, 9.17) is 5.73 Å². The van der Waals surface area contributed by atoms with Gasteiger partial charge in [0.25, 0.3) is 0 Å². The van der Waals surface area contributed by atoms with Crippen LogP contribution in [0.1, 0.15) is 26.2 Å². The van der Waals surface area contributed by atoms with Gasteiger partial charge in [0.05, 0.1) is 0 Å².